The minimum absolute atomic E-state index is 0.345. The molecule has 0 amide bonds. The first-order chi connectivity index (χ1) is 6.34. The third-order valence-corrected chi connectivity index (χ3v) is 3.25. The number of para-hydroxylation sites is 1. The van der Waals surface area contributed by atoms with E-state index in [9.17, 15) is 0 Å². The molecule has 2 aliphatic rings. The molecule has 2 unspecified atom stereocenters. The zero-order chi connectivity index (χ0) is 8.84. The van der Waals surface area contributed by atoms with E-state index < -0.39 is 0 Å². The predicted molar refractivity (Wildman–Crippen MR) is 53.9 cm³/mol. The van der Waals surface area contributed by atoms with Crippen LogP contribution in [0.5, 0.6) is 5.75 Å². The molecule has 2 nitrogen and oxygen atoms in total. The first kappa shape index (κ1) is 7.71. The first-order valence-corrected chi connectivity index (χ1v) is 4.96. The van der Waals surface area contributed by atoms with Crippen LogP contribution in [0.15, 0.2) is 24.3 Å². The minimum atomic E-state index is 0.345. The van der Waals surface area contributed by atoms with Crippen LogP contribution in [-0.2, 0) is 0 Å². The van der Waals surface area contributed by atoms with Crippen molar-refractivity contribution in [2.75, 3.05) is 6.54 Å². The Labute approximate surface area is 83.0 Å². The quantitative estimate of drug-likeness (QED) is 0.633. The maximum Gasteiger partial charge on any atom is 0.124 e. The van der Waals surface area contributed by atoms with Gasteiger partial charge in [0.25, 0.3) is 0 Å². The highest BCUT2D eigenvalue weighted by Gasteiger charge is 2.38. The van der Waals surface area contributed by atoms with Crippen LogP contribution in [-0.4, -0.2) is 17.0 Å². The van der Waals surface area contributed by atoms with Crippen LogP contribution >= 0.6 is 12.8 Å². The second kappa shape index (κ2) is 2.66. The molecule has 2 heterocycles. The maximum absolute atomic E-state index is 5.80. The molecule has 1 saturated heterocycles. The summed E-state index contributed by atoms with van der Waals surface area (Å²) in [6.45, 7) is 0.933. The lowest BCUT2D eigenvalue weighted by Crippen LogP contribution is -2.19. The summed E-state index contributed by atoms with van der Waals surface area (Å²) in [5.74, 6) is 1.04. The van der Waals surface area contributed by atoms with Gasteiger partial charge in [-0.3, -0.25) is 0 Å². The summed E-state index contributed by atoms with van der Waals surface area (Å²) in [5.41, 5.74) is 1.28. The Kier molecular flexibility index (Phi) is 1.58. The third kappa shape index (κ3) is 1.07. The van der Waals surface area contributed by atoms with E-state index in [-0.39, 0.29) is 0 Å². The predicted octanol–water partition coefficient (Wildman–Crippen LogP) is 2.04. The van der Waals surface area contributed by atoms with Gasteiger partial charge >= 0.3 is 0 Å². The van der Waals surface area contributed by atoms with E-state index in [1.807, 2.05) is 12.1 Å². The molecule has 1 fully saturated rings. The van der Waals surface area contributed by atoms with Gasteiger partial charge in [-0.15, -0.1) is 0 Å². The van der Waals surface area contributed by atoms with Crippen LogP contribution in [0.3, 0.4) is 0 Å². The number of hydrogen-bond donors (Lipinski definition) is 1. The van der Waals surface area contributed by atoms with Crippen molar-refractivity contribution in [3.63, 3.8) is 0 Å². The molecule has 3 rings (SSSR count). The molecule has 0 spiro atoms. The molecule has 13 heavy (non-hydrogen) atoms. The Bertz CT molecular complexity index is 341. The van der Waals surface area contributed by atoms with Gasteiger partial charge in [-0.25, -0.2) is 4.31 Å². The lowest BCUT2D eigenvalue weighted by molar-refractivity contribution is 0.204. The summed E-state index contributed by atoms with van der Waals surface area (Å²) in [7, 11) is 0. The normalized spacial score (nSPS) is 31.2. The van der Waals surface area contributed by atoms with Crippen LogP contribution in [0.2, 0.25) is 0 Å². The Morgan fingerprint density at radius 1 is 1.38 bits per heavy atom. The average Bonchev–Trinajstić information content (AvgIpc) is 2.44. The van der Waals surface area contributed by atoms with Crippen molar-refractivity contribution < 1.29 is 4.74 Å². The molecule has 3 heteroatoms. The summed E-state index contributed by atoms with van der Waals surface area (Å²) >= 11 is 4.44. The molecular weight excluding hydrogens is 182 g/mol. The van der Waals surface area contributed by atoms with Gasteiger partial charge in [-0.2, -0.15) is 0 Å². The summed E-state index contributed by atoms with van der Waals surface area (Å²) in [4.78, 5) is 0. The standard InChI is InChI=1S/C10H11NOS/c13-11-6-7-5-9(11)8-3-1-2-4-10(8)12-7/h1-4,7,9,13H,5-6H2. The molecule has 2 atom stereocenters. The second-order valence-corrected chi connectivity index (χ2v) is 4.17. The lowest BCUT2D eigenvalue weighted by Gasteiger charge is -2.24. The summed E-state index contributed by atoms with van der Waals surface area (Å²) in [6, 6.07) is 8.71. The van der Waals surface area contributed by atoms with E-state index >= 15 is 0 Å². The fraction of sp³-hybridized carbons (Fsp3) is 0.400. The van der Waals surface area contributed by atoms with Gasteiger partial charge in [0.05, 0.1) is 6.04 Å². The largest absolute Gasteiger partial charge is 0.489 e. The van der Waals surface area contributed by atoms with Gasteiger partial charge in [0.15, 0.2) is 0 Å². The van der Waals surface area contributed by atoms with Gasteiger partial charge in [-0.05, 0) is 6.07 Å². The van der Waals surface area contributed by atoms with Crippen LogP contribution < -0.4 is 4.74 Å². The van der Waals surface area contributed by atoms with E-state index in [0.717, 1.165) is 18.7 Å². The average molecular weight is 193 g/mol. The SMILES string of the molecule is SN1CC2CC1c1ccccc1O2. The number of benzene rings is 1. The van der Waals surface area contributed by atoms with E-state index in [1.165, 1.54) is 5.56 Å². The number of nitrogens with zero attached hydrogens (tertiary/aromatic N) is 1. The summed E-state index contributed by atoms with van der Waals surface area (Å²) in [6.07, 6.45) is 1.43. The van der Waals surface area contributed by atoms with Gasteiger partial charge in [0.2, 0.25) is 0 Å². The maximum atomic E-state index is 5.80. The summed E-state index contributed by atoms with van der Waals surface area (Å²) in [5, 5.41) is 0. The van der Waals surface area contributed by atoms with E-state index in [4.69, 9.17) is 4.74 Å². The Morgan fingerprint density at radius 2 is 2.23 bits per heavy atom. The van der Waals surface area contributed by atoms with Crippen molar-refractivity contribution in [3.05, 3.63) is 29.8 Å². The van der Waals surface area contributed by atoms with Crippen molar-refractivity contribution in [1.29, 1.82) is 0 Å². The van der Waals surface area contributed by atoms with Crippen molar-refractivity contribution in [1.82, 2.24) is 4.31 Å². The van der Waals surface area contributed by atoms with Crippen LogP contribution in [0.1, 0.15) is 18.0 Å². The van der Waals surface area contributed by atoms with Gasteiger partial charge < -0.3 is 4.74 Å². The second-order valence-electron chi connectivity index (χ2n) is 3.65. The Balaban J connectivity index is 2.11. The number of hydrogen-bond acceptors (Lipinski definition) is 3. The fourth-order valence-corrected chi connectivity index (χ4v) is 2.60. The van der Waals surface area contributed by atoms with Crippen molar-refractivity contribution >= 4 is 12.8 Å². The molecule has 2 bridgehead atoms. The van der Waals surface area contributed by atoms with Crippen LogP contribution in [0.25, 0.3) is 0 Å². The zero-order valence-corrected chi connectivity index (χ0v) is 8.08. The lowest BCUT2D eigenvalue weighted by atomic mass is 10.0. The van der Waals surface area contributed by atoms with Crippen molar-refractivity contribution in [3.8, 4) is 5.75 Å². The topological polar surface area (TPSA) is 12.5 Å². The van der Waals surface area contributed by atoms with Crippen LogP contribution in [0, 0.1) is 0 Å². The minimum Gasteiger partial charge on any atom is -0.489 e. The zero-order valence-electron chi connectivity index (χ0n) is 7.18. The van der Waals surface area contributed by atoms with Crippen molar-refractivity contribution in [2.45, 2.75) is 18.6 Å². The fourth-order valence-electron chi connectivity index (χ4n) is 2.20. The molecule has 1 aromatic carbocycles. The van der Waals surface area contributed by atoms with E-state index in [1.54, 1.807) is 0 Å². The molecule has 0 N–H and O–H groups in total. The molecule has 2 aliphatic heterocycles. The number of thiol groups is 1. The molecule has 0 aromatic heterocycles. The highest BCUT2D eigenvalue weighted by Crippen LogP contribution is 2.43. The van der Waals surface area contributed by atoms with Gasteiger partial charge in [0, 0.05) is 18.5 Å². The van der Waals surface area contributed by atoms with E-state index in [0.29, 0.717) is 12.1 Å². The number of rotatable bonds is 0. The molecule has 0 aliphatic carbocycles. The third-order valence-electron chi connectivity index (χ3n) is 2.81. The smallest absolute Gasteiger partial charge is 0.124 e. The van der Waals surface area contributed by atoms with E-state index in [2.05, 4.69) is 29.3 Å². The first-order valence-electron chi connectivity index (χ1n) is 4.56. The highest BCUT2D eigenvalue weighted by atomic mass is 32.1. The number of ether oxygens (including phenoxy) is 1. The Hall–Kier alpha value is -0.670. The molecular formula is C10H11NOS. The van der Waals surface area contributed by atoms with Crippen LogP contribution in [0.4, 0.5) is 0 Å². The summed E-state index contributed by atoms with van der Waals surface area (Å²) < 4.78 is 7.88. The van der Waals surface area contributed by atoms with Crippen molar-refractivity contribution in [2.24, 2.45) is 0 Å². The van der Waals surface area contributed by atoms with Gasteiger partial charge in [0.1, 0.15) is 11.9 Å². The Morgan fingerprint density at radius 3 is 3.15 bits per heavy atom. The van der Waals surface area contributed by atoms with Gasteiger partial charge in [-0.1, -0.05) is 31.0 Å². The number of fused-ring (bicyclic) bond motifs is 4. The molecule has 1 aromatic rings. The molecule has 0 saturated carbocycles. The highest BCUT2D eigenvalue weighted by molar-refractivity contribution is 7.77. The molecule has 68 valence electrons. The molecule has 0 radical (unpaired) electrons. The monoisotopic (exact) mass is 193 g/mol.